The molecule has 5 nitrogen and oxygen atoms in total. The maximum absolute atomic E-state index is 12.3. The summed E-state index contributed by atoms with van der Waals surface area (Å²) in [6, 6.07) is 1.87. The predicted molar refractivity (Wildman–Crippen MR) is 82.6 cm³/mol. The van der Waals surface area contributed by atoms with Crippen LogP contribution < -0.4 is 0 Å². The van der Waals surface area contributed by atoms with Crippen molar-refractivity contribution in [3.05, 3.63) is 22.4 Å². The lowest BCUT2D eigenvalue weighted by Crippen LogP contribution is -2.41. The Morgan fingerprint density at radius 2 is 2.14 bits per heavy atom. The third-order valence-corrected chi connectivity index (χ3v) is 4.13. The highest BCUT2D eigenvalue weighted by molar-refractivity contribution is 7.08. The van der Waals surface area contributed by atoms with E-state index in [1.165, 1.54) is 11.3 Å². The maximum atomic E-state index is 12.3. The average Bonchev–Trinajstić information content (AvgIpc) is 3.06. The summed E-state index contributed by atoms with van der Waals surface area (Å²) in [6.07, 6.45) is 0.479. The number of amides is 2. The van der Waals surface area contributed by atoms with E-state index >= 15 is 0 Å². The number of rotatable bonds is 2. The number of ether oxygens (including phenoxy) is 1. The molecule has 0 radical (unpaired) electrons. The van der Waals surface area contributed by atoms with Crippen LogP contribution in [0.25, 0.3) is 0 Å². The van der Waals surface area contributed by atoms with Gasteiger partial charge in [-0.1, -0.05) is 0 Å². The Morgan fingerprint density at radius 1 is 1.43 bits per heavy atom. The summed E-state index contributed by atoms with van der Waals surface area (Å²) in [6.45, 7) is 6.71. The van der Waals surface area contributed by atoms with Gasteiger partial charge in [-0.05, 0) is 38.6 Å². The van der Waals surface area contributed by atoms with Gasteiger partial charge in [-0.25, -0.2) is 4.79 Å². The quantitative estimate of drug-likeness (QED) is 0.844. The Kier molecular flexibility index (Phi) is 4.56. The minimum atomic E-state index is -0.492. The first-order valence-corrected chi connectivity index (χ1v) is 7.99. The van der Waals surface area contributed by atoms with Gasteiger partial charge >= 0.3 is 6.09 Å². The molecule has 1 aliphatic heterocycles. The molecule has 1 saturated heterocycles. The van der Waals surface area contributed by atoms with Crippen LogP contribution >= 0.6 is 11.3 Å². The van der Waals surface area contributed by atoms with Gasteiger partial charge in [0.25, 0.3) is 5.91 Å². The van der Waals surface area contributed by atoms with E-state index in [9.17, 15) is 9.59 Å². The van der Waals surface area contributed by atoms with E-state index in [4.69, 9.17) is 4.74 Å². The molecule has 0 unspecified atom stereocenters. The van der Waals surface area contributed by atoms with Crippen LogP contribution in [0.2, 0.25) is 0 Å². The van der Waals surface area contributed by atoms with Gasteiger partial charge in [0, 0.05) is 25.5 Å². The van der Waals surface area contributed by atoms with E-state index in [1.807, 2.05) is 37.6 Å². The van der Waals surface area contributed by atoms with Crippen molar-refractivity contribution in [2.24, 2.45) is 0 Å². The number of nitrogens with zero attached hydrogens (tertiary/aromatic N) is 2. The van der Waals surface area contributed by atoms with Gasteiger partial charge in [0.15, 0.2) is 0 Å². The molecule has 1 fully saturated rings. The molecule has 1 aromatic heterocycles. The third-order valence-electron chi connectivity index (χ3n) is 3.45. The topological polar surface area (TPSA) is 49.9 Å². The first-order chi connectivity index (χ1) is 9.78. The summed E-state index contributed by atoms with van der Waals surface area (Å²) >= 11 is 1.51. The Bertz CT molecular complexity index is 507. The van der Waals surface area contributed by atoms with Crippen molar-refractivity contribution in [3.8, 4) is 0 Å². The third kappa shape index (κ3) is 3.97. The second-order valence-corrected chi connectivity index (χ2v) is 7.08. The van der Waals surface area contributed by atoms with E-state index in [0.29, 0.717) is 18.7 Å². The minimum absolute atomic E-state index is 0.00675. The largest absolute Gasteiger partial charge is 0.444 e. The number of hydrogen-bond acceptors (Lipinski definition) is 4. The molecular formula is C15H22N2O3S. The summed E-state index contributed by atoms with van der Waals surface area (Å²) in [5.41, 5.74) is 0.214. The van der Waals surface area contributed by atoms with Crippen molar-refractivity contribution >= 4 is 23.3 Å². The fourth-order valence-corrected chi connectivity index (χ4v) is 2.94. The molecule has 1 aliphatic rings. The van der Waals surface area contributed by atoms with Crippen molar-refractivity contribution in [1.82, 2.24) is 9.80 Å². The molecule has 21 heavy (non-hydrogen) atoms. The first-order valence-electron chi connectivity index (χ1n) is 7.05. The van der Waals surface area contributed by atoms with Crippen molar-refractivity contribution < 1.29 is 14.3 Å². The van der Waals surface area contributed by atoms with E-state index < -0.39 is 5.60 Å². The standard InChI is InChI=1S/C15H22N2O3S/c1-15(2,3)20-14(19)17-7-5-12(9-17)16(4)13(18)11-6-8-21-10-11/h6,8,10,12H,5,7,9H2,1-4H3/t12-/m0/s1. The van der Waals surface area contributed by atoms with Crippen LogP contribution in [-0.4, -0.2) is 53.6 Å². The van der Waals surface area contributed by atoms with Gasteiger partial charge in [0.1, 0.15) is 5.60 Å². The molecule has 0 aliphatic carbocycles. The molecule has 0 bridgehead atoms. The first kappa shape index (κ1) is 15.8. The number of thiophene rings is 1. The van der Waals surface area contributed by atoms with Crippen LogP contribution in [0.1, 0.15) is 37.6 Å². The summed E-state index contributed by atoms with van der Waals surface area (Å²) in [5.74, 6) is 0.00675. The molecule has 2 heterocycles. The molecule has 2 amide bonds. The lowest BCUT2D eigenvalue weighted by atomic mass is 10.2. The fourth-order valence-electron chi connectivity index (χ4n) is 2.31. The van der Waals surface area contributed by atoms with Gasteiger partial charge < -0.3 is 14.5 Å². The zero-order valence-electron chi connectivity index (χ0n) is 13.0. The van der Waals surface area contributed by atoms with Crippen molar-refractivity contribution in [3.63, 3.8) is 0 Å². The molecule has 0 aromatic carbocycles. The molecule has 1 atom stereocenters. The highest BCUT2D eigenvalue weighted by Crippen LogP contribution is 2.20. The maximum Gasteiger partial charge on any atom is 0.410 e. The molecule has 0 spiro atoms. The number of likely N-dealkylation sites (tertiary alicyclic amines) is 1. The fraction of sp³-hybridized carbons (Fsp3) is 0.600. The van der Waals surface area contributed by atoms with E-state index in [2.05, 4.69) is 0 Å². The Morgan fingerprint density at radius 3 is 2.71 bits per heavy atom. The summed E-state index contributed by atoms with van der Waals surface area (Å²) in [4.78, 5) is 27.7. The van der Waals surface area contributed by atoms with E-state index in [0.717, 1.165) is 6.42 Å². The van der Waals surface area contributed by atoms with Crippen molar-refractivity contribution in [2.45, 2.75) is 38.8 Å². The second-order valence-electron chi connectivity index (χ2n) is 6.30. The zero-order chi connectivity index (χ0) is 15.6. The predicted octanol–water partition coefficient (Wildman–Crippen LogP) is 2.83. The Labute approximate surface area is 129 Å². The van der Waals surface area contributed by atoms with Crippen molar-refractivity contribution in [1.29, 1.82) is 0 Å². The number of carbonyl (C=O) groups is 2. The lowest BCUT2D eigenvalue weighted by molar-refractivity contribution is 0.0279. The number of hydrogen-bond donors (Lipinski definition) is 0. The SMILES string of the molecule is CN(C(=O)c1ccsc1)[C@H]1CCN(C(=O)OC(C)(C)C)C1. The molecular weight excluding hydrogens is 288 g/mol. The van der Waals surface area contributed by atoms with E-state index in [-0.39, 0.29) is 18.0 Å². The van der Waals surface area contributed by atoms with Gasteiger partial charge in [-0.15, -0.1) is 0 Å². The van der Waals surface area contributed by atoms with Crippen molar-refractivity contribution in [2.75, 3.05) is 20.1 Å². The summed E-state index contributed by atoms with van der Waals surface area (Å²) in [5, 5.41) is 3.74. The van der Waals surface area contributed by atoms with Crippen LogP contribution in [0.3, 0.4) is 0 Å². The summed E-state index contributed by atoms with van der Waals surface area (Å²) in [7, 11) is 1.79. The molecule has 1 aromatic rings. The molecule has 6 heteroatoms. The van der Waals surface area contributed by atoms with Gasteiger partial charge in [0.2, 0.25) is 0 Å². The van der Waals surface area contributed by atoms with Crippen LogP contribution in [0.15, 0.2) is 16.8 Å². The Hall–Kier alpha value is -1.56. The van der Waals surface area contributed by atoms with Gasteiger partial charge in [-0.2, -0.15) is 11.3 Å². The average molecular weight is 310 g/mol. The second kappa shape index (κ2) is 6.05. The van der Waals surface area contributed by atoms with Crippen LogP contribution in [0.5, 0.6) is 0 Å². The minimum Gasteiger partial charge on any atom is -0.444 e. The zero-order valence-corrected chi connectivity index (χ0v) is 13.8. The Balaban J connectivity index is 1.93. The van der Waals surface area contributed by atoms with Crippen LogP contribution in [-0.2, 0) is 4.74 Å². The molecule has 2 rings (SSSR count). The molecule has 0 saturated carbocycles. The van der Waals surface area contributed by atoms with Gasteiger partial charge in [0.05, 0.1) is 11.6 Å². The summed E-state index contributed by atoms with van der Waals surface area (Å²) < 4.78 is 5.37. The normalized spacial score (nSPS) is 18.7. The number of likely N-dealkylation sites (N-methyl/N-ethyl adjacent to an activating group) is 1. The molecule has 116 valence electrons. The monoisotopic (exact) mass is 310 g/mol. The highest BCUT2D eigenvalue weighted by atomic mass is 32.1. The van der Waals surface area contributed by atoms with E-state index in [1.54, 1.807) is 16.8 Å². The highest BCUT2D eigenvalue weighted by Gasteiger charge is 2.33. The van der Waals surface area contributed by atoms with Crippen LogP contribution in [0.4, 0.5) is 4.79 Å². The smallest absolute Gasteiger partial charge is 0.410 e. The van der Waals surface area contributed by atoms with Crippen LogP contribution in [0, 0.1) is 0 Å². The number of carbonyl (C=O) groups excluding carboxylic acids is 2. The molecule has 0 N–H and O–H groups in total. The van der Waals surface area contributed by atoms with Gasteiger partial charge in [-0.3, -0.25) is 4.79 Å². The lowest BCUT2D eigenvalue weighted by Gasteiger charge is -2.26.